The molecular formula is C16H7Cl6F5O2. The molecule has 0 bridgehead atoms. The number of aliphatic hydroxyl groups is 1. The van der Waals surface area contributed by atoms with Gasteiger partial charge in [0, 0.05) is 5.56 Å². The lowest BCUT2D eigenvalue weighted by Crippen LogP contribution is -2.24. The molecular weight excluding hydrogens is 532 g/mol. The fourth-order valence-electron chi connectivity index (χ4n) is 2.19. The van der Waals surface area contributed by atoms with Crippen LogP contribution in [0.25, 0.3) is 0 Å². The molecule has 2 unspecified atom stereocenters. The Balaban J connectivity index is 2.56. The van der Waals surface area contributed by atoms with Crippen molar-refractivity contribution in [1.29, 1.82) is 0 Å². The average molecular weight is 539 g/mol. The lowest BCUT2D eigenvalue weighted by Gasteiger charge is -2.27. The molecule has 0 saturated heterocycles. The first-order valence-corrected chi connectivity index (χ1v) is 9.51. The smallest absolute Gasteiger partial charge is 0.231 e. The van der Waals surface area contributed by atoms with Gasteiger partial charge in [0.05, 0.1) is 0 Å². The van der Waals surface area contributed by atoms with Gasteiger partial charge >= 0.3 is 0 Å². The predicted molar refractivity (Wildman–Crippen MR) is 102 cm³/mol. The molecule has 2 rings (SSSR count). The molecule has 0 aliphatic carbocycles. The summed E-state index contributed by atoms with van der Waals surface area (Å²) in [5.74, 6) is -9.18. The van der Waals surface area contributed by atoms with Crippen molar-refractivity contribution in [2.75, 3.05) is 0 Å². The van der Waals surface area contributed by atoms with Gasteiger partial charge in [-0.3, -0.25) is 0 Å². The molecule has 160 valence electrons. The van der Waals surface area contributed by atoms with Crippen LogP contribution in [0.4, 0.5) is 22.0 Å². The Morgan fingerprint density at radius 1 is 0.690 bits per heavy atom. The Hall–Kier alpha value is -0.410. The second-order valence-electron chi connectivity index (χ2n) is 5.60. The van der Waals surface area contributed by atoms with Crippen molar-refractivity contribution in [3.05, 3.63) is 64.5 Å². The average Bonchev–Trinajstić information content (AvgIpc) is 2.57. The number of benzene rings is 2. The summed E-state index contributed by atoms with van der Waals surface area (Å²) < 4.78 is 68.8. The molecule has 0 amide bonds. The van der Waals surface area contributed by atoms with E-state index < -0.39 is 65.8 Å². The minimum Gasteiger partial charge on any atom is -0.478 e. The first-order chi connectivity index (χ1) is 13.1. The van der Waals surface area contributed by atoms with E-state index in [4.69, 9.17) is 74.3 Å². The van der Waals surface area contributed by atoms with Crippen LogP contribution >= 0.6 is 69.6 Å². The third kappa shape index (κ3) is 5.85. The number of rotatable bonds is 4. The lowest BCUT2D eigenvalue weighted by molar-refractivity contribution is 0.176. The van der Waals surface area contributed by atoms with Gasteiger partial charge in [0.25, 0.3) is 0 Å². The van der Waals surface area contributed by atoms with E-state index in [1.54, 1.807) is 0 Å². The number of aliphatic hydroxyl groups excluding tert-OH is 1. The van der Waals surface area contributed by atoms with E-state index in [1.165, 1.54) is 0 Å². The molecule has 0 aliphatic rings. The first-order valence-electron chi connectivity index (χ1n) is 7.24. The highest BCUT2D eigenvalue weighted by atomic mass is 35.6. The summed E-state index contributed by atoms with van der Waals surface area (Å²) in [4.78, 5) is 0. The van der Waals surface area contributed by atoms with E-state index in [0.29, 0.717) is 18.2 Å². The summed E-state index contributed by atoms with van der Waals surface area (Å²) in [6.45, 7) is 0. The number of alkyl halides is 6. The molecule has 0 saturated carbocycles. The largest absolute Gasteiger partial charge is 0.478 e. The molecule has 0 heterocycles. The maximum Gasteiger partial charge on any atom is 0.231 e. The SMILES string of the molecule is OC(c1cc(F)c(F)c(OC(c2cc(F)c(F)c(F)c2)C(Cl)(Cl)Cl)c1)C(Cl)(Cl)Cl. The molecule has 29 heavy (non-hydrogen) atoms. The highest BCUT2D eigenvalue weighted by Crippen LogP contribution is 2.45. The zero-order valence-corrected chi connectivity index (χ0v) is 18.0. The molecule has 0 fully saturated rings. The highest BCUT2D eigenvalue weighted by molar-refractivity contribution is 6.68. The number of hydrogen-bond donors (Lipinski definition) is 1. The van der Waals surface area contributed by atoms with Crippen LogP contribution < -0.4 is 4.74 Å². The molecule has 0 aliphatic heterocycles. The van der Waals surface area contributed by atoms with Crippen LogP contribution in [0.2, 0.25) is 0 Å². The third-order valence-electron chi connectivity index (χ3n) is 3.49. The molecule has 0 radical (unpaired) electrons. The number of hydrogen-bond acceptors (Lipinski definition) is 2. The van der Waals surface area contributed by atoms with Crippen LogP contribution in [0.15, 0.2) is 24.3 Å². The van der Waals surface area contributed by atoms with Crippen molar-refractivity contribution in [3.63, 3.8) is 0 Å². The molecule has 13 heteroatoms. The molecule has 2 nitrogen and oxygen atoms in total. The van der Waals surface area contributed by atoms with Crippen molar-refractivity contribution >= 4 is 69.6 Å². The molecule has 1 N–H and O–H groups in total. The van der Waals surface area contributed by atoms with E-state index >= 15 is 0 Å². The van der Waals surface area contributed by atoms with Crippen molar-refractivity contribution in [3.8, 4) is 5.75 Å². The summed E-state index contributed by atoms with van der Waals surface area (Å²) in [5.41, 5.74) is -0.980. The second-order valence-corrected chi connectivity index (χ2v) is 10.3. The van der Waals surface area contributed by atoms with Crippen LogP contribution in [0.1, 0.15) is 23.3 Å². The van der Waals surface area contributed by atoms with Crippen molar-refractivity contribution < 1.29 is 31.8 Å². The van der Waals surface area contributed by atoms with Crippen molar-refractivity contribution in [2.24, 2.45) is 0 Å². The Kier molecular flexibility index (Phi) is 7.70. The Bertz CT molecular complexity index is 893. The van der Waals surface area contributed by atoms with E-state index in [-0.39, 0.29) is 0 Å². The zero-order chi connectivity index (χ0) is 22.3. The summed E-state index contributed by atoms with van der Waals surface area (Å²) in [7, 11) is 0. The monoisotopic (exact) mass is 536 g/mol. The van der Waals surface area contributed by atoms with Gasteiger partial charge in [-0.15, -0.1) is 0 Å². The third-order valence-corrected chi connectivity index (χ3v) is 4.71. The predicted octanol–water partition coefficient (Wildman–Crippen LogP) is 7.28. The van der Waals surface area contributed by atoms with E-state index in [9.17, 15) is 27.1 Å². The number of ether oxygens (including phenoxy) is 1. The molecule has 2 aromatic rings. The van der Waals surface area contributed by atoms with Crippen LogP contribution in [-0.4, -0.2) is 12.7 Å². The molecule has 2 atom stereocenters. The minimum atomic E-state index is -2.48. The lowest BCUT2D eigenvalue weighted by atomic mass is 10.1. The van der Waals surface area contributed by atoms with Crippen LogP contribution in [-0.2, 0) is 0 Å². The zero-order valence-electron chi connectivity index (χ0n) is 13.5. The van der Waals surface area contributed by atoms with E-state index in [0.717, 1.165) is 6.07 Å². The van der Waals surface area contributed by atoms with Gasteiger partial charge in [-0.25, -0.2) is 17.6 Å². The second kappa shape index (κ2) is 8.99. The van der Waals surface area contributed by atoms with Gasteiger partial charge in [-0.1, -0.05) is 69.6 Å². The Labute approximate surface area is 191 Å². The topological polar surface area (TPSA) is 29.5 Å². The summed E-state index contributed by atoms with van der Waals surface area (Å²) >= 11 is 33.8. The molecule has 2 aromatic carbocycles. The molecule has 0 aromatic heterocycles. The fraction of sp³-hybridized carbons (Fsp3) is 0.250. The highest BCUT2D eigenvalue weighted by Gasteiger charge is 2.39. The van der Waals surface area contributed by atoms with E-state index in [1.807, 2.05) is 0 Å². The van der Waals surface area contributed by atoms with Crippen molar-refractivity contribution in [1.82, 2.24) is 0 Å². The summed E-state index contributed by atoms with van der Waals surface area (Å²) in [5, 5.41) is 9.95. The van der Waals surface area contributed by atoms with E-state index in [2.05, 4.69) is 0 Å². The quantitative estimate of drug-likeness (QED) is 0.252. The Morgan fingerprint density at radius 2 is 1.14 bits per heavy atom. The van der Waals surface area contributed by atoms with Crippen LogP contribution in [0, 0.1) is 29.1 Å². The first kappa shape index (κ1) is 24.9. The van der Waals surface area contributed by atoms with Gasteiger partial charge in [0.1, 0.15) is 6.10 Å². The van der Waals surface area contributed by atoms with Crippen molar-refractivity contribution in [2.45, 2.75) is 19.8 Å². The van der Waals surface area contributed by atoms with Crippen LogP contribution in [0.3, 0.4) is 0 Å². The summed E-state index contributed by atoms with van der Waals surface area (Å²) in [6.07, 6.45) is -3.86. The summed E-state index contributed by atoms with van der Waals surface area (Å²) in [6, 6.07) is 2.14. The maximum absolute atomic E-state index is 14.2. The number of halogens is 11. The maximum atomic E-state index is 14.2. The standard InChI is InChI=1S/C16H7Cl6F5O2/c17-15(18,19)13(28)5-1-9(25)12(27)10(4-5)29-14(16(20,21)22)6-2-7(23)11(26)8(24)3-6/h1-4,13-14,28H. The minimum absolute atomic E-state index is 0.432. The van der Waals surface area contributed by atoms with Gasteiger partial charge in [-0.2, -0.15) is 4.39 Å². The fourth-order valence-corrected chi connectivity index (χ4v) is 3.08. The normalized spacial score (nSPS) is 14.6. The van der Waals surface area contributed by atoms with Gasteiger partial charge in [0.2, 0.25) is 13.4 Å². The van der Waals surface area contributed by atoms with Gasteiger partial charge in [0.15, 0.2) is 35.1 Å². The van der Waals surface area contributed by atoms with Crippen LogP contribution in [0.5, 0.6) is 5.75 Å². The van der Waals surface area contributed by atoms with Gasteiger partial charge < -0.3 is 9.84 Å². The molecule has 0 spiro atoms. The Morgan fingerprint density at radius 3 is 1.59 bits per heavy atom. The van der Waals surface area contributed by atoms with Gasteiger partial charge in [-0.05, 0) is 29.8 Å².